The third-order valence-electron chi connectivity index (χ3n) is 9.39. The van der Waals surface area contributed by atoms with E-state index < -0.39 is 0 Å². The molecular weight excluding hydrogens is 576 g/mol. The van der Waals surface area contributed by atoms with Crippen molar-refractivity contribution >= 4 is 27.8 Å². The van der Waals surface area contributed by atoms with Crippen molar-refractivity contribution < 1.29 is 4.42 Å². The van der Waals surface area contributed by atoms with Crippen molar-refractivity contribution in [1.82, 2.24) is 20.3 Å². The minimum Gasteiger partial charge on any atom is -0.456 e. The van der Waals surface area contributed by atoms with Crippen LogP contribution in [0, 0.1) is 0 Å². The van der Waals surface area contributed by atoms with Crippen molar-refractivity contribution in [1.29, 1.82) is 0 Å². The maximum absolute atomic E-state index is 6.20. The molecule has 47 heavy (non-hydrogen) atoms. The molecule has 2 aliphatic rings. The maximum atomic E-state index is 6.20. The molecule has 1 aliphatic carbocycles. The van der Waals surface area contributed by atoms with Gasteiger partial charge < -0.3 is 9.73 Å². The third-order valence-corrected chi connectivity index (χ3v) is 9.39. The molecule has 1 N–H and O–H groups in total. The Morgan fingerprint density at radius 1 is 0.489 bits per heavy atom. The monoisotopic (exact) mass is 602 g/mol. The zero-order chi connectivity index (χ0) is 30.9. The molecule has 0 saturated heterocycles. The first kappa shape index (κ1) is 25.9. The molecule has 1 aliphatic heterocycles. The van der Waals surface area contributed by atoms with E-state index in [0.717, 1.165) is 39.0 Å². The summed E-state index contributed by atoms with van der Waals surface area (Å²) >= 11 is 0. The average Bonchev–Trinajstić information content (AvgIpc) is 3.69. The molecule has 0 bridgehead atoms. The van der Waals surface area contributed by atoms with Gasteiger partial charge in [-0.25, -0.2) is 15.0 Å². The highest BCUT2D eigenvalue weighted by molar-refractivity contribution is 6.18. The predicted molar refractivity (Wildman–Crippen MR) is 188 cm³/mol. The number of para-hydroxylation sites is 1. The van der Waals surface area contributed by atoms with Crippen molar-refractivity contribution in [2.75, 3.05) is 0 Å². The summed E-state index contributed by atoms with van der Waals surface area (Å²) in [5.41, 5.74) is 11.3. The van der Waals surface area contributed by atoms with Crippen molar-refractivity contribution in [2.24, 2.45) is 0 Å². The lowest BCUT2D eigenvalue weighted by molar-refractivity contribution is 0.574. The van der Waals surface area contributed by atoms with Gasteiger partial charge in [0.2, 0.25) is 0 Å². The van der Waals surface area contributed by atoms with Crippen LogP contribution in [0.2, 0.25) is 0 Å². The van der Waals surface area contributed by atoms with Crippen LogP contribution in [0.25, 0.3) is 84.0 Å². The summed E-state index contributed by atoms with van der Waals surface area (Å²) in [6, 6.07) is 46.3. The van der Waals surface area contributed by atoms with Gasteiger partial charge in [0, 0.05) is 28.3 Å². The van der Waals surface area contributed by atoms with Crippen molar-refractivity contribution in [2.45, 2.75) is 6.04 Å². The zero-order valence-corrected chi connectivity index (χ0v) is 25.2. The van der Waals surface area contributed by atoms with E-state index in [1.54, 1.807) is 0 Å². The highest BCUT2D eigenvalue weighted by Crippen LogP contribution is 2.49. The summed E-state index contributed by atoms with van der Waals surface area (Å²) in [5, 5.41) is 7.13. The van der Waals surface area contributed by atoms with Crippen LogP contribution in [0.5, 0.6) is 0 Å². The number of aromatic nitrogens is 3. The van der Waals surface area contributed by atoms with Gasteiger partial charge in [0.25, 0.3) is 0 Å². The second kappa shape index (κ2) is 10.1. The molecule has 220 valence electrons. The average molecular weight is 603 g/mol. The van der Waals surface area contributed by atoms with Crippen LogP contribution in [0.4, 0.5) is 0 Å². The predicted octanol–water partition coefficient (Wildman–Crippen LogP) is 10.1. The van der Waals surface area contributed by atoms with E-state index in [-0.39, 0.29) is 6.04 Å². The molecule has 0 amide bonds. The van der Waals surface area contributed by atoms with Crippen LogP contribution in [0.3, 0.4) is 0 Å². The van der Waals surface area contributed by atoms with Gasteiger partial charge in [-0.2, -0.15) is 0 Å². The number of hydrogen-bond acceptors (Lipinski definition) is 5. The third kappa shape index (κ3) is 4.00. The number of nitrogens with one attached hydrogen (secondary N) is 1. The van der Waals surface area contributed by atoms with Gasteiger partial charge in [-0.1, -0.05) is 127 Å². The first-order valence-corrected chi connectivity index (χ1v) is 15.8. The smallest absolute Gasteiger partial charge is 0.163 e. The number of rotatable bonds is 4. The molecule has 1 atom stereocenters. The normalized spacial score (nSPS) is 14.3. The number of fused-ring (bicyclic) bond motifs is 6. The van der Waals surface area contributed by atoms with Crippen LogP contribution in [0.1, 0.15) is 23.2 Å². The fraction of sp³-hybridized carbons (Fsp3) is 0.0238. The maximum Gasteiger partial charge on any atom is 0.163 e. The Labute approximate surface area is 270 Å². The lowest BCUT2D eigenvalue weighted by Gasteiger charge is -2.20. The Balaban J connectivity index is 1.09. The molecule has 5 nitrogen and oxygen atoms in total. The van der Waals surface area contributed by atoms with Crippen molar-refractivity contribution in [3.05, 3.63) is 157 Å². The summed E-state index contributed by atoms with van der Waals surface area (Å²) in [5.74, 6) is 2.72. The van der Waals surface area contributed by atoms with E-state index in [4.69, 9.17) is 19.4 Å². The number of furan rings is 1. The summed E-state index contributed by atoms with van der Waals surface area (Å²) in [6.45, 7) is 0. The standard InChI is InChI=1S/C42H26N4O/c1-2-9-26(10-3-1)40-44-41(46-42(45-40)39-38-34-13-6-7-16-35(34)47-36(38)23-24-43-39)27-19-17-25(18-20-27)28-21-22-33-30-12-5-4-11-29(30)32-15-8-14-31(28)37(32)33/h1-24,39,43H. The minimum atomic E-state index is -0.292. The Kier molecular flexibility index (Phi) is 5.57. The fourth-order valence-corrected chi connectivity index (χ4v) is 7.24. The van der Waals surface area contributed by atoms with Crippen LogP contribution in [0.15, 0.2) is 144 Å². The largest absolute Gasteiger partial charge is 0.456 e. The van der Waals surface area contributed by atoms with Crippen LogP contribution in [-0.2, 0) is 0 Å². The van der Waals surface area contributed by atoms with Gasteiger partial charge in [-0.3, -0.25) is 0 Å². The Hall–Kier alpha value is -6.33. The molecule has 0 spiro atoms. The van der Waals surface area contributed by atoms with Gasteiger partial charge in [-0.15, -0.1) is 0 Å². The zero-order valence-electron chi connectivity index (χ0n) is 25.2. The van der Waals surface area contributed by atoms with Crippen molar-refractivity contribution in [3.63, 3.8) is 0 Å². The molecule has 2 aromatic heterocycles. The molecule has 0 fully saturated rings. The van der Waals surface area contributed by atoms with E-state index in [1.165, 1.54) is 38.6 Å². The topological polar surface area (TPSA) is 63.8 Å². The van der Waals surface area contributed by atoms with Gasteiger partial charge in [0.1, 0.15) is 17.4 Å². The quantitative estimate of drug-likeness (QED) is 0.217. The van der Waals surface area contributed by atoms with Gasteiger partial charge in [0.15, 0.2) is 17.5 Å². The van der Waals surface area contributed by atoms with E-state index in [2.05, 4.69) is 90.2 Å². The Bertz CT molecular complexity index is 2520. The van der Waals surface area contributed by atoms with Gasteiger partial charge in [-0.05, 0) is 56.3 Å². The molecule has 10 rings (SSSR count). The fourth-order valence-electron chi connectivity index (χ4n) is 7.24. The molecule has 8 aromatic rings. The second-order valence-electron chi connectivity index (χ2n) is 12.0. The SMILES string of the molecule is C1=Cc2oc3ccccc3c2C(c2nc(-c3ccccc3)nc(-c3ccc(-c4ccc5c6c(cccc46)-c4ccccc4-5)cc3)n2)N1. The highest BCUT2D eigenvalue weighted by atomic mass is 16.3. The summed E-state index contributed by atoms with van der Waals surface area (Å²) < 4.78 is 6.20. The highest BCUT2D eigenvalue weighted by Gasteiger charge is 2.28. The van der Waals surface area contributed by atoms with Crippen LogP contribution < -0.4 is 5.32 Å². The number of benzene rings is 6. The van der Waals surface area contributed by atoms with Crippen molar-refractivity contribution in [3.8, 4) is 56.2 Å². The summed E-state index contributed by atoms with van der Waals surface area (Å²) in [7, 11) is 0. The molecular formula is C42H26N4O. The number of nitrogens with zero attached hydrogens (tertiary/aromatic N) is 3. The summed E-state index contributed by atoms with van der Waals surface area (Å²) in [4.78, 5) is 15.1. The minimum absolute atomic E-state index is 0.292. The van der Waals surface area contributed by atoms with Crippen LogP contribution in [-0.4, -0.2) is 15.0 Å². The molecule has 0 radical (unpaired) electrons. The van der Waals surface area contributed by atoms with Crippen LogP contribution >= 0.6 is 0 Å². The lowest BCUT2D eigenvalue weighted by Crippen LogP contribution is -2.23. The summed E-state index contributed by atoms with van der Waals surface area (Å²) in [6.07, 6.45) is 3.87. The molecule has 5 heteroatoms. The number of hydrogen-bond donors (Lipinski definition) is 1. The van der Waals surface area contributed by atoms with E-state index in [9.17, 15) is 0 Å². The Morgan fingerprint density at radius 2 is 1.11 bits per heavy atom. The molecule has 0 saturated carbocycles. The first-order chi connectivity index (χ1) is 23.3. The lowest BCUT2D eigenvalue weighted by atomic mass is 9.94. The van der Waals surface area contributed by atoms with E-state index in [0.29, 0.717) is 17.5 Å². The van der Waals surface area contributed by atoms with E-state index >= 15 is 0 Å². The molecule has 1 unspecified atom stereocenters. The first-order valence-electron chi connectivity index (χ1n) is 15.8. The van der Waals surface area contributed by atoms with Gasteiger partial charge >= 0.3 is 0 Å². The molecule has 6 aromatic carbocycles. The molecule has 3 heterocycles. The van der Waals surface area contributed by atoms with E-state index in [1.807, 2.05) is 60.8 Å². The Morgan fingerprint density at radius 3 is 1.91 bits per heavy atom. The van der Waals surface area contributed by atoms with Gasteiger partial charge in [0.05, 0.1) is 0 Å². The second-order valence-corrected chi connectivity index (χ2v) is 12.0.